The minimum Gasteiger partial charge on any atom is -0.465 e. The van der Waals surface area contributed by atoms with Gasteiger partial charge in [-0.15, -0.1) is 0 Å². The van der Waals surface area contributed by atoms with Gasteiger partial charge >= 0.3 is 6.09 Å². The van der Waals surface area contributed by atoms with E-state index in [0.717, 1.165) is 39.0 Å². The molecule has 2 aliphatic heterocycles. The van der Waals surface area contributed by atoms with Crippen LogP contribution >= 0.6 is 0 Å². The van der Waals surface area contributed by atoms with E-state index in [9.17, 15) is 4.79 Å². The Morgan fingerprint density at radius 1 is 1.27 bits per heavy atom. The van der Waals surface area contributed by atoms with E-state index >= 15 is 0 Å². The standard InChI is InChI=1S/C23H38N4O3/c1-22(2)15-23(30-16-22)9-7-17(8-10-23)20-18(24-27-11-5-6-19(20)27)14-25(3)12-13-26(4)21(28)29/h17H,5-16H2,1-4H3,(H,28,29)/t17-,23-. The topological polar surface area (TPSA) is 70.8 Å². The van der Waals surface area contributed by atoms with Crippen LogP contribution in [0.4, 0.5) is 4.79 Å². The molecule has 7 nitrogen and oxygen atoms in total. The Morgan fingerprint density at radius 2 is 2.00 bits per heavy atom. The van der Waals surface area contributed by atoms with E-state index < -0.39 is 6.09 Å². The molecule has 1 saturated heterocycles. The van der Waals surface area contributed by atoms with Crippen LogP contribution in [0.5, 0.6) is 0 Å². The van der Waals surface area contributed by atoms with Gasteiger partial charge in [-0.25, -0.2) is 4.79 Å². The van der Waals surface area contributed by atoms with Gasteiger partial charge in [0, 0.05) is 44.5 Å². The summed E-state index contributed by atoms with van der Waals surface area (Å²) in [5.74, 6) is 0.579. The Balaban J connectivity index is 1.44. The normalized spacial score (nSPS) is 27.7. The number of ether oxygens (including phenoxy) is 1. The van der Waals surface area contributed by atoms with Crippen LogP contribution in [-0.4, -0.2) is 70.2 Å². The number of nitrogens with zero attached hydrogens (tertiary/aromatic N) is 4. The van der Waals surface area contributed by atoms with Crippen molar-refractivity contribution in [1.29, 1.82) is 0 Å². The second-order valence-corrected chi connectivity index (χ2v) is 10.7. The van der Waals surface area contributed by atoms with Crippen molar-refractivity contribution in [2.45, 2.75) is 83.4 Å². The molecule has 1 aromatic rings. The second kappa shape index (κ2) is 8.15. The van der Waals surface area contributed by atoms with Crippen molar-refractivity contribution in [1.82, 2.24) is 19.6 Å². The van der Waals surface area contributed by atoms with Crippen LogP contribution in [0, 0.1) is 5.41 Å². The molecule has 0 aromatic carbocycles. The average Bonchev–Trinajstić information content (AvgIpc) is 3.34. The highest BCUT2D eigenvalue weighted by Crippen LogP contribution is 2.50. The van der Waals surface area contributed by atoms with Gasteiger partial charge in [0.15, 0.2) is 0 Å². The summed E-state index contributed by atoms with van der Waals surface area (Å²) in [5, 5.41) is 14.1. The van der Waals surface area contributed by atoms with Gasteiger partial charge in [-0.05, 0) is 63.3 Å². The molecule has 1 spiro atoms. The highest BCUT2D eigenvalue weighted by molar-refractivity contribution is 5.64. The smallest absolute Gasteiger partial charge is 0.407 e. The molecule has 0 radical (unpaired) electrons. The molecule has 0 atom stereocenters. The van der Waals surface area contributed by atoms with E-state index in [1.807, 2.05) is 0 Å². The van der Waals surface area contributed by atoms with E-state index in [1.54, 1.807) is 7.05 Å². The number of fused-ring (bicyclic) bond motifs is 1. The summed E-state index contributed by atoms with van der Waals surface area (Å²) >= 11 is 0. The largest absolute Gasteiger partial charge is 0.465 e. The van der Waals surface area contributed by atoms with Gasteiger partial charge in [0.25, 0.3) is 0 Å². The Morgan fingerprint density at radius 3 is 2.63 bits per heavy atom. The molecule has 0 unspecified atom stereocenters. The Hall–Kier alpha value is -1.60. The van der Waals surface area contributed by atoms with E-state index in [-0.39, 0.29) is 5.60 Å². The number of hydrogen-bond acceptors (Lipinski definition) is 4. The molecule has 0 bridgehead atoms. The number of amides is 1. The van der Waals surface area contributed by atoms with Gasteiger partial charge in [0.05, 0.1) is 17.9 Å². The Bertz CT molecular complexity index is 780. The molecule has 7 heteroatoms. The molecule has 168 valence electrons. The van der Waals surface area contributed by atoms with E-state index in [0.29, 0.717) is 24.4 Å². The molecular weight excluding hydrogens is 380 g/mol. The zero-order valence-corrected chi connectivity index (χ0v) is 19.1. The predicted octanol–water partition coefficient (Wildman–Crippen LogP) is 3.71. The molecule has 3 heterocycles. The zero-order chi connectivity index (χ0) is 21.5. The number of carbonyl (C=O) groups is 1. The first-order chi connectivity index (χ1) is 14.2. The van der Waals surface area contributed by atoms with Crippen LogP contribution in [0.3, 0.4) is 0 Å². The van der Waals surface area contributed by atoms with Crippen molar-refractivity contribution in [3.63, 3.8) is 0 Å². The Kier molecular flexibility index (Phi) is 5.88. The fourth-order valence-electron chi connectivity index (χ4n) is 5.83. The third-order valence-electron chi connectivity index (χ3n) is 7.40. The quantitative estimate of drug-likeness (QED) is 0.762. The van der Waals surface area contributed by atoms with Gasteiger partial charge in [-0.2, -0.15) is 5.10 Å². The first-order valence-corrected chi connectivity index (χ1v) is 11.5. The van der Waals surface area contributed by atoms with Crippen LogP contribution in [0.2, 0.25) is 0 Å². The lowest BCUT2D eigenvalue weighted by atomic mass is 9.71. The van der Waals surface area contributed by atoms with Crippen LogP contribution in [0.25, 0.3) is 0 Å². The van der Waals surface area contributed by atoms with Crippen molar-refractivity contribution in [2.24, 2.45) is 5.41 Å². The van der Waals surface area contributed by atoms with Crippen molar-refractivity contribution in [2.75, 3.05) is 33.8 Å². The first-order valence-electron chi connectivity index (χ1n) is 11.5. The molecule has 1 N–H and O–H groups in total. The SMILES string of the molecule is CN(CCN(C)C(=O)O)Cc1nn2c(c1[C@H]1CC[C@]3(CC1)CC(C)(C)CO3)CCC2. The predicted molar refractivity (Wildman–Crippen MR) is 116 cm³/mol. The molecule has 1 saturated carbocycles. The third kappa shape index (κ3) is 4.37. The van der Waals surface area contributed by atoms with Crippen LogP contribution in [-0.2, 0) is 24.2 Å². The number of likely N-dealkylation sites (N-methyl/N-ethyl adjacent to an activating group) is 2. The number of rotatable bonds is 6. The van der Waals surface area contributed by atoms with E-state index in [1.165, 1.54) is 47.5 Å². The van der Waals surface area contributed by atoms with Gasteiger partial charge in [0.1, 0.15) is 0 Å². The van der Waals surface area contributed by atoms with Gasteiger partial charge in [-0.3, -0.25) is 9.58 Å². The maximum absolute atomic E-state index is 11.1. The summed E-state index contributed by atoms with van der Waals surface area (Å²) in [6, 6.07) is 0. The summed E-state index contributed by atoms with van der Waals surface area (Å²) in [6.45, 7) is 8.58. The van der Waals surface area contributed by atoms with Crippen molar-refractivity contribution in [3.8, 4) is 0 Å². The number of hydrogen-bond donors (Lipinski definition) is 1. The minimum absolute atomic E-state index is 0.106. The summed E-state index contributed by atoms with van der Waals surface area (Å²) in [4.78, 5) is 14.6. The first kappa shape index (κ1) is 21.6. The van der Waals surface area contributed by atoms with Crippen molar-refractivity contribution < 1.29 is 14.6 Å². The van der Waals surface area contributed by atoms with Crippen LogP contribution in [0.15, 0.2) is 0 Å². The fraction of sp³-hybridized carbons (Fsp3) is 0.826. The average molecular weight is 419 g/mol. The monoisotopic (exact) mass is 418 g/mol. The molecule has 1 aromatic heterocycles. The molecule has 2 fully saturated rings. The fourth-order valence-corrected chi connectivity index (χ4v) is 5.83. The summed E-state index contributed by atoms with van der Waals surface area (Å²) in [5.41, 5.74) is 4.57. The van der Waals surface area contributed by atoms with Crippen LogP contribution in [0.1, 0.15) is 75.2 Å². The molecule has 4 rings (SSSR count). The molecule has 30 heavy (non-hydrogen) atoms. The lowest BCUT2D eigenvalue weighted by molar-refractivity contribution is -0.0294. The molecule has 3 aliphatic rings. The zero-order valence-electron chi connectivity index (χ0n) is 19.1. The summed E-state index contributed by atoms with van der Waals surface area (Å²) in [6.07, 6.45) is 7.33. The lowest BCUT2D eigenvalue weighted by Crippen LogP contribution is -2.34. The summed E-state index contributed by atoms with van der Waals surface area (Å²) < 4.78 is 8.58. The van der Waals surface area contributed by atoms with E-state index in [2.05, 4.69) is 30.5 Å². The number of aryl methyl sites for hydroxylation is 1. The number of carboxylic acid groups (broad SMARTS) is 1. The second-order valence-electron chi connectivity index (χ2n) is 10.7. The maximum atomic E-state index is 11.1. The lowest BCUT2D eigenvalue weighted by Gasteiger charge is -2.37. The van der Waals surface area contributed by atoms with Gasteiger partial charge in [-0.1, -0.05) is 13.8 Å². The molecule has 1 aliphatic carbocycles. The third-order valence-corrected chi connectivity index (χ3v) is 7.40. The molecular formula is C23H38N4O3. The summed E-state index contributed by atoms with van der Waals surface area (Å²) in [7, 11) is 3.69. The number of aromatic nitrogens is 2. The Labute approximate surface area is 180 Å². The highest BCUT2D eigenvalue weighted by atomic mass is 16.5. The van der Waals surface area contributed by atoms with Crippen molar-refractivity contribution in [3.05, 3.63) is 17.0 Å². The van der Waals surface area contributed by atoms with Crippen molar-refractivity contribution >= 4 is 6.09 Å². The van der Waals surface area contributed by atoms with Gasteiger partial charge < -0.3 is 14.7 Å². The van der Waals surface area contributed by atoms with Crippen LogP contribution < -0.4 is 0 Å². The minimum atomic E-state index is -0.876. The van der Waals surface area contributed by atoms with Gasteiger partial charge in [0.2, 0.25) is 0 Å². The highest BCUT2D eigenvalue weighted by Gasteiger charge is 2.47. The molecule has 1 amide bonds. The van der Waals surface area contributed by atoms with E-state index in [4.69, 9.17) is 14.9 Å². The maximum Gasteiger partial charge on any atom is 0.407 e.